The summed E-state index contributed by atoms with van der Waals surface area (Å²) in [4.78, 5) is 13.7. The first-order valence-corrected chi connectivity index (χ1v) is 10.8. The number of aromatic nitrogens is 3. The highest BCUT2D eigenvalue weighted by Crippen LogP contribution is 2.28. The number of hydrogen-bond acceptors (Lipinski definition) is 6. The third-order valence-corrected chi connectivity index (χ3v) is 6.03. The Hall–Kier alpha value is -1.91. The largest absolute Gasteiger partial charge is 0.325 e. The summed E-state index contributed by atoms with van der Waals surface area (Å²) >= 11 is 3.37. The van der Waals surface area contributed by atoms with Crippen molar-refractivity contribution in [3.8, 4) is 10.7 Å². The molecule has 0 aliphatic carbocycles. The summed E-state index contributed by atoms with van der Waals surface area (Å²) in [6.07, 6.45) is 0. The molecule has 1 N–H and O–H groups in total. The smallest absolute Gasteiger partial charge is 0.288 e. The number of rotatable bonds is 8. The molecule has 3 aromatic rings. The van der Waals surface area contributed by atoms with Crippen molar-refractivity contribution >= 4 is 46.5 Å². The van der Waals surface area contributed by atoms with Crippen LogP contribution in [0.25, 0.3) is 10.7 Å². The number of nitrogens with zero attached hydrogens (tertiary/aromatic N) is 3. The third-order valence-electron chi connectivity index (χ3n) is 3.47. The summed E-state index contributed by atoms with van der Waals surface area (Å²) in [5, 5.41) is 13.8. The number of thiophene rings is 1. The standard InChI is InChI=1S/C17H16F2N4OS3/c1-2-23-15(13-4-3-9-25-13)21-22-17(23)26-10-14(24)20-11-5-7-12(8-6-11)27-16(18)19/h3-9,16H,2,10H2,1H3,(H,20,24). The average molecular weight is 427 g/mol. The van der Waals surface area contributed by atoms with Crippen molar-refractivity contribution in [3.63, 3.8) is 0 Å². The van der Waals surface area contributed by atoms with E-state index in [1.165, 1.54) is 11.8 Å². The minimum absolute atomic E-state index is 0.177. The van der Waals surface area contributed by atoms with Gasteiger partial charge in [-0.25, -0.2) is 0 Å². The van der Waals surface area contributed by atoms with Gasteiger partial charge in [-0.3, -0.25) is 4.79 Å². The van der Waals surface area contributed by atoms with E-state index in [0.29, 0.717) is 34.0 Å². The van der Waals surface area contributed by atoms with Gasteiger partial charge < -0.3 is 9.88 Å². The summed E-state index contributed by atoms with van der Waals surface area (Å²) in [5.74, 6) is -1.69. The Balaban J connectivity index is 1.58. The van der Waals surface area contributed by atoms with Crippen LogP contribution in [0.1, 0.15) is 6.92 Å². The lowest BCUT2D eigenvalue weighted by Crippen LogP contribution is -2.14. The SMILES string of the molecule is CCn1c(SCC(=O)Nc2ccc(SC(F)F)cc2)nnc1-c1cccs1. The lowest BCUT2D eigenvalue weighted by atomic mass is 10.3. The molecule has 1 aromatic carbocycles. The first-order valence-electron chi connectivity index (χ1n) is 8.01. The van der Waals surface area contributed by atoms with E-state index >= 15 is 0 Å². The van der Waals surface area contributed by atoms with E-state index in [1.54, 1.807) is 35.6 Å². The molecule has 0 spiro atoms. The summed E-state index contributed by atoms with van der Waals surface area (Å²) in [6.45, 7) is 2.71. The average Bonchev–Trinajstić information content (AvgIpc) is 3.30. The maximum atomic E-state index is 12.3. The van der Waals surface area contributed by atoms with Crippen molar-refractivity contribution in [2.24, 2.45) is 0 Å². The Morgan fingerprint density at radius 2 is 2.04 bits per heavy atom. The van der Waals surface area contributed by atoms with E-state index in [1.807, 2.05) is 29.0 Å². The molecule has 0 aliphatic rings. The number of thioether (sulfide) groups is 2. The molecule has 3 rings (SSSR count). The molecular formula is C17H16F2N4OS3. The number of hydrogen-bond donors (Lipinski definition) is 1. The molecule has 2 aromatic heterocycles. The van der Waals surface area contributed by atoms with Gasteiger partial charge in [0.05, 0.1) is 10.6 Å². The number of halogens is 2. The van der Waals surface area contributed by atoms with Gasteiger partial charge >= 0.3 is 0 Å². The van der Waals surface area contributed by atoms with Gasteiger partial charge in [0.25, 0.3) is 5.76 Å². The molecule has 0 bridgehead atoms. The second kappa shape index (κ2) is 9.34. The van der Waals surface area contributed by atoms with Crippen LogP contribution in [-0.4, -0.2) is 32.2 Å². The van der Waals surface area contributed by atoms with Gasteiger partial charge in [0, 0.05) is 17.1 Å². The van der Waals surface area contributed by atoms with E-state index in [2.05, 4.69) is 15.5 Å². The van der Waals surface area contributed by atoms with Crippen LogP contribution in [0.15, 0.2) is 51.8 Å². The number of benzene rings is 1. The van der Waals surface area contributed by atoms with Gasteiger partial charge in [0.2, 0.25) is 5.91 Å². The number of alkyl halides is 2. The van der Waals surface area contributed by atoms with Crippen LogP contribution in [0.3, 0.4) is 0 Å². The van der Waals surface area contributed by atoms with Crippen LogP contribution in [0.2, 0.25) is 0 Å². The quantitative estimate of drug-likeness (QED) is 0.510. The van der Waals surface area contributed by atoms with E-state index in [0.717, 1.165) is 10.7 Å². The van der Waals surface area contributed by atoms with Gasteiger partial charge in [-0.15, -0.1) is 21.5 Å². The highest BCUT2D eigenvalue weighted by molar-refractivity contribution is 8.00. The molecule has 0 unspecified atom stereocenters. The zero-order chi connectivity index (χ0) is 19.2. The Bertz CT molecular complexity index is 882. The fourth-order valence-electron chi connectivity index (χ4n) is 2.32. The molecule has 27 heavy (non-hydrogen) atoms. The summed E-state index contributed by atoms with van der Waals surface area (Å²) < 4.78 is 26.6. The topological polar surface area (TPSA) is 59.8 Å². The molecule has 0 radical (unpaired) electrons. The Morgan fingerprint density at radius 1 is 1.26 bits per heavy atom. The molecular weight excluding hydrogens is 410 g/mol. The van der Waals surface area contributed by atoms with Crippen LogP contribution < -0.4 is 5.32 Å². The fourth-order valence-corrected chi connectivity index (χ4v) is 4.33. The zero-order valence-corrected chi connectivity index (χ0v) is 16.7. The van der Waals surface area contributed by atoms with Crippen molar-refractivity contribution < 1.29 is 13.6 Å². The van der Waals surface area contributed by atoms with Crippen molar-refractivity contribution in [1.29, 1.82) is 0 Å². The highest BCUT2D eigenvalue weighted by atomic mass is 32.2. The van der Waals surface area contributed by atoms with Crippen LogP contribution >= 0.6 is 34.9 Å². The predicted molar refractivity (Wildman–Crippen MR) is 107 cm³/mol. The maximum Gasteiger partial charge on any atom is 0.288 e. The minimum atomic E-state index is -2.46. The molecule has 0 fully saturated rings. The van der Waals surface area contributed by atoms with Crippen molar-refractivity contribution in [3.05, 3.63) is 41.8 Å². The Kier molecular flexibility index (Phi) is 6.86. The molecule has 142 valence electrons. The molecule has 2 heterocycles. The van der Waals surface area contributed by atoms with E-state index in [9.17, 15) is 13.6 Å². The third kappa shape index (κ3) is 5.30. The molecule has 0 aliphatic heterocycles. The summed E-state index contributed by atoms with van der Waals surface area (Å²) in [7, 11) is 0. The van der Waals surface area contributed by atoms with E-state index in [-0.39, 0.29) is 11.7 Å². The van der Waals surface area contributed by atoms with Crippen LogP contribution in [0.4, 0.5) is 14.5 Å². The van der Waals surface area contributed by atoms with Crippen molar-refractivity contribution in [2.75, 3.05) is 11.1 Å². The number of nitrogens with one attached hydrogen (secondary N) is 1. The van der Waals surface area contributed by atoms with E-state index in [4.69, 9.17) is 0 Å². The monoisotopic (exact) mass is 426 g/mol. The lowest BCUT2D eigenvalue weighted by Gasteiger charge is -2.07. The molecule has 0 atom stereocenters. The zero-order valence-electron chi connectivity index (χ0n) is 14.3. The Morgan fingerprint density at radius 3 is 2.67 bits per heavy atom. The van der Waals surface area contributed by atoms with Gasteiger partial charge in [-0.1, -0.05) is 29.6 Å². The molecule has 0 saturated carbocycles. The molecule has 10 heteroatoms. The predicted octanol–water partition coefficient (Wildman–Crippen LogP) is 5.07. The first kappa shape index (κ1) is 19.8. The molecule has 1 amide bonds. The Labute approximate surface area is 167 Å². The van der Waals surface area contributed by atoms with Gasteiger partial charge in [-0.2, -0.15) is 8.78 Å². The maximum absolute atomic E-state index is 12.3. The second-order valence-corrected chi connectivity index (χ2v) is 8.22. The summed E-state index contributed by atoms with van der Waals surface area (Å²) in [5.41, 5.74) is 0.565. The van der Waals surface area contributed by atoms with Crippen LogP contribution in [-0.2, 0) is 11.3 Å². The molecule has 0 saturated heterocycles. The lowest BCUT2D eigenvalue weighted by molar-refractivity contribution is -0.113. The van der Waals surface area contributed by atoms with Crippen LogP contribution in [0.5, 0.6) is 0 Å². The highest BCUT2D eigenvalue weighted by Gasteiger charge is 2.15. The first-order chi connectivity index (χ1) is 13.1. The normalized spacial score (nSPS) is 11.1. The van der Waals surface area contributed by atoms with Crippen LogP contribution in [0, 0.1) is 0 Å². The van der Waals surface area contributed by atoms with Gasteiger partial charge in [-0.05, 0) is 42.6 Å². The van der Waals surface area contributed by atoms with Crippen molar-refractivity contribution in [1.82, 2.24) is 14.8 Å². The number of carbonyl (C=O) groups excluding carboxylic acids is 1. The van der Waals surface area contributed by atoms with Crippen molar-refractivity contribution in [2.45, 2.75) is 29.3 Å². The van der Waals surface area contributed by atoms with E-state index < -0.39 is 5.76 Å². The number of anilines is 1. The number of amides is 1. The minimum Gasteiger partial charge on any atom is -0.325 e. The number of carbonyl (C=O) groups is 1. The molecule has 5 nitrogen and oxygen atoms in total. The second-order valence-electron chi connectivity index (χ2n) is 5.27. The summed E-state index contributed by atoms with van der Waals surface area (Å²) in [6, 6.07) is 10.3. The fraction of sp³-hybridized carbons (Fsp3) is 0.235. The van der Waals surface area contributed by atoms with Gasteiger partial charge in [0.1, 0.15) is 0 Å². The van der Waals surface area contributed by atoms with Gasteiger partial charge in [0.15, 0.2) is 11.0 Å².